The molecule has 3 aliphatic rings. The van der Waals surface area contributed by atoms with Crippen LogP contribution < -0.4 is 20.7 Å². The number of hydrogen-bond donors (Lipinski definition) is 3. The summed E-state index contributed by atoms with van der Waals surface area (Å²) in [5, 5.41) is 22.0. The zero-order valence-corrected chi connectivity index (χ0v) is 22.6. The minimum Gasteiger partial charge on any atom is -0.480 e. The second kappa shape index (κ2) is 9.57. The van der Waals surface area contributed by atoms with E-state index in [1.807, 2.05) is 11.5 Å². The fraction of sp³-hybridized carbons (Fsp3) is 0.560. The number of rotatable bonds is 9. The van der Waals surface area contributed by atoms with Gasteiger partial charge in [0.1, 0.15) is 17.1 Å². The van der Waals surface area contributed by atoms with Crippen LogP contribution in [-0.2, 0) is 24.7 Å². The third kappa shape index (κ3) is 4.97. The Bertz CT molecular complexity index is 1430. The molecule has 39 heavy (non-hydrogen) atoms. The minimum atomic E-state index is -2.72. The number of carbonyl (C=O) groups is 2. The molecular weight excluding hydrogens is 530 g/mol. The number of anilines is 3. The summed E-state index contributed by atoms with van der Waals surface area (Å²) in [7, 11) is 3.32. The lowest BCUT2D eigenvalue weighted by molar-refractivity contribution is -0.117. The number of aromatic nitrogens is 5. The van der Waals surface area contributed by atoms with Gasteiger partial charge >= 0.3 is 0 Å². The Kier molecular flexibility index (Phi) is 6.31. The Balaban J connectivity index is 1.25. The summed E-state index contributed by atoms with van der Waals surface area (Å²) in [5.41, 5.74) is 1.21. The highest BCUT2D eigenvalue weighted by Crippen LogP contribution is 2.48. The van der Waals surface area contributed by atoms with E-state index in [9.17, 15) is 18.4 Å². The van der Waals surface area contributed by atoms with Gasteiger partial charge in [-0.3, -0.25) is 14.2 Å². The van der Waals surface area contributed by atoms with E-state index in [4.69, 9.17) is 4.74 Å². The molecule has 0 radical (unpaired) electrons. The van der Waals surface area contributed by atoms with Crippen LogP contribution in [0.4, 0.5) is 25.5 Å². The first-order valence-corrected chi connectivity index (χ1v) is 13.8. The number of nitrogens with zero attached hydrogens (tertiary/aromatic N) is 5. The van der Waals surface area contributed by atoms with Crippen molar-refractivity contribution in [2.24, 2.45) is 24.8 Å². The third-order valence-corrected chi connectivity index (χ3v) is 9.09. The van der Waals surface area contributed by atoms with Crippen LogP contribution >= 0.6 is 11.3 Å². The highest BCUT2D eigenvalue weighted by atomic mass is 32.1. The number of fused-ring (bicyclic) bond motifs is 1. The summed E-state index contributed by atoms with van der Waals surface area (Å²) in [6.07, 6.45) is 4.22. The molecule has 3 heterocycles. The molecule has 6 rings (SSSR count). The number of halogens is 2. The van der Waals surface area contributed by atoms with Crippen molar-refractivity contribution in [2.75, 3.05) is 24.3 Å². The molecule has 3 aromatic heterocycles. The Morgan fingerprint density at radius 3 is 2.77 bits per heavy atom. The first-order valence-electron chi connectivity index (χ1n) is 13.0. The highest BCUT2D eigenvalue weighted by Gasteiger charge is 2.56. The van der Waals surface area contributed by atoms with E-state index in [1.54, 1.807) is 31.2 Å². The monoisotopic (exact) mass is 560 g/mol. The van der Waals surface area contributed by atoms with Crippen molar-refractivity contribution in [3.05, 3.63) is 28.4 Å². The van der Waals surface area contributed by atoms with Crippen LogP contribution in [0.25, 0.3) is 0 Å². The maximum absolute atomic E-state index is 13.5. The van der Waals surface area contributed by atoms with Gasteiger partial charge in [-0.1, -0.05) is 6.92 Å². The quantitative estimate of drug-likeness (QED) is 0.365. The molecule has 2 amide bonds. The molecule has 0 spiro atoms. The number of carbonyl (C=O) groups excluding carboxylic acids is 2. The van der Waals surface area contributed by atoms with Gasteiger partial charge in [0.15, 0.2) is 0 Å². The predicted molar refractivity (Wildman–Crippen MR) is 140 cm³/mol. The molecule has 14 heteroatoms. The standard InChI is InChI=1S/C25H30F2N8O3S/c1-12-6-15(12)21(36)31-23-20(22(37)28-10-13-9-25(13,26)27)16-7-14(4-5-17(16)39-23)35-11-29-32-24(35)30-18-8-19(38-3)33-34(18)2/h8,11-15H,4-7,9-10H2,1-3H3,(H,28,37)(H,30,32)(H,31,36)/t12-,13-,14?,15-/m0/s1. The Hall–Kier alpha value is -3.55. The van der Waals surface area contributed by atoms with E-state index in [0.29, 0.717) is 47.0 Å². The fourth-order valence-electron chi connectivity index (χ4n) is 5.19. The molecule has 3 aliphatic carbocycles. The van der Waals surface area contributed by atoms with Gasteiger partial charge in [-0.25, -0.2) is 13.5 Å². The molecule has 3 aromatic rings. The van der Waals surface area contributed by atoms with E-state index in [1.165, 1.54) is 11.3 Å². The van der Waals surface area contributed by atoms with Gasteiger partial charge in [-0.05, 0) is 37.2 Å². The fourth-order valence-corrected chi connectivity index (χ4v) is 6.43. The summed E-state index contributed by atoms with van der Waals surface area (Å²) < 4.78 is 35.7. The Morgan fingerprint density at radius 2 is 2.10 bits per heavy atom. The summed E-state index contributed by atoms with van der Waals surface area (Å²) in [6.45, 7) is 1.92. The number of amides is 2. The van der Waals surface area contributed by atoms with Crippen LogP contribution in [0.15, 0.2) is 12.4 Å². The SMILES string of the molecule is COc1cc(Nc2nncn2C2CCc3sc(NC(=O)[C@H]4C[C@@H]4C)c(C(=O)NC[C@@H]4CC4(F)F)c3C2)n(C)n1. The molecule has 0 saturated heterocycles. The molecule has 0 bridgehead atoms. The summed E-state index contributed by atoms with van der Waals surface area (Å²) in [5.74, 6) is -2.19. The smallest absolute Gasteiger partial charge is 0.254 e. The largest absolute Gasteiger partial charge is 0.480 e. The zero-order chi connectivity index (χ0) is 27.5. The van der Waals surface area contributed by atoms with Crippen LogP contribution in [0.1, 0.15) is 53.0 Å². The molecular formula is C25H30F2N8O3S. The average Bonchev–Trinajstić information content (AvgIpc) is 3.52. The zero-order valence-electron chi connectivity index (χ0n) is 21.8. The number of hydrogen-bond acceptors (Lipinski definition) is 8. The molecule has 208 valence electrons. The Labute approximate surface area is 227 Å². The van der Waals surface area contributed by atoms with E-state index in [0.717, 1.165) is 23.3 Å². The highest BCUT2D eigenvalue weighted by molar-refractivity contribution is 7.17. The number of alkyl halides is 2. The maximum Gasteiger partial charge on any atom is 0.254 e. The molecule has 2 saturated carbocycles. The van der Waals surface area contributed by atoms with Gasteiger partial charge in [0.2, 0.25) is 17.7 Å². The lowest BCUT2D eigenvalue weighted by Crippen LogP contribution is -2.29. The number of nitrogens with one attached hydrogen (secondary N) is 3. The normalized spacial score (nSPS) is 24.5. The predicted octanol–water partition coefficient (Wildman–Crippen LogP) is 3.53. The topological polar surface area (TPSA) is 128 Å². The van der Waals surface area contributed by atoms with Crippen molar-refractivity contribution < 1.29 is 23.1 Å². The first-order chi connectivity index (χ1) is 18.6. The number of thiophene rings is 1. The van der Waals surface area contributed by atoms with Crippen molar-refractivity contribution in [1.82, 2.24) is 29.9 Å². The lowest BCUT2D eigenvalue weighted by atomic mass is 9.91. The van der Waals surface area contributed by atoms with E-state index < -0.39 is 17.7 Å². The van der Waals surface area contributed by atoms with E-state index in [2.05, 4.69) is 31.2 Å². The number of methoxy groups -OCH3 is 1. The first kappa shape index (κ1) is 25.7. The minimum absolute atomic E-state index is 0.0609. The lowest BCUT2D eigenvalue weighted by Gasteiger charge is -2.25. The average molecular weight is 561 g/mol. The van der Waals surface area contributed by atoms with Gasteiger partial charge < -0.3 is 20.7 Å². The number of aryl methyl sites for hydroxylation is 2. The van der Waals surface area contributed by atoms with Gasteiger partial charge in [-0.15, -0.1) is 26.6 Å². The second-order valence-corrected chi connectivity index (χ2v) is 11.8. The second-order valence-electron chi connectivity index (χ2n) is 10.7. The van der Waals surface area contributed by atoms with Crippen LogP contribution in [0, 0.1) is 17.8 Å². The molecule has 0 aromatic carbocycles. The van der Waals surface area contributed by atoms with Gasteiger partial charge in [0.25, 0.3) is 11.8 Å². The van der Waals surface area contributed by atoms with Crippen molar-refractivity contribution in [2.45, 2.75) is 51.0 Å². The molecule has 0 aliphatic heterocycles. The Morgan fingerprint density at radius 1 is 1.33 bits per heavy atom. The molecule has 3 N–H and O–H groups in total. The number of ether oxygens (including phenoxy) is 1. The van der Waals surface area contributed by atoms with Crippen molar-refractivity contribution in [3.8, 4) is 5.88 Å². The molecule has 4 atom stereocenters. The van der Waals surface area contributed by atoms with Gasteiger partial charge in [-0.2, -0.15) is 0 Å². The van der Waals surface area contributed by atoms with E-state index in [-0.39, 0.29) is 30.8 Å². The van der Waals surface area contributed by atoms with Crippen molar-refractivity contribution in [3.63, 3.8) is 0 Å². The van der Waals surface area contributed by atoms with Gasteiger partial charge in [0, 0.05) is 48.8 Å². The van der Waals surface area contributed by atoms with Crippen molar-refractivity contribution in [1.29, 1.82) is 0 Å². The van der Waals surface area contributed by atoms with E-state index >= 15 is 0 Å². The summed E-state index contributed by atoms with van der Waals surface area (Å²) in [4.78, 5) is 27.2. The molecule has 1 unspecified atom stereocenters. The summed E-state index contributed by atoms with van der Waals surface area (Å²) in [6, 6.07) is 1.68. The maximum atomic E-state index is 13.5. The molecule has 11 nitrogen and oxygen atoms in total. The summed E-state index contributed by atoms with van der Waals surface area (Å²) >= 11 is 1.41. The van der Waals surface area contributed by atoms with Crippen LogP contribution in [-0.4, -0.2) is 55.9 Å². The van der Waals surface area contributed by atoms with Crippen LogP contribution in [0.2, 0.25) is 0 Å². The van der Waals surface area contributed by atoms with Crippen LogP contribution in [0.3, 0.4) is 0 Å². The van der Waals surface area contributed by atoms with Crippen molar-refractivity contribution >= 4 is 39.9 Å². The molecule has 2 fully saturated rings. The third-order valence-electron chi connectivity index (χ3n) is 7.88. The van der Waals surface area contributed by atoms with Gasteiger partial charge in [0.05, 0.1) is 12.7 Å². The van der Waals surface area contributed by atoms with Crippen LogP contribution in [0.5, 0.6) is 5.88 Å².